The number of hydrogen-bond acceptors (Lipinski definition) is 6. The Hall–Kier alpha value is -3.99. The molecule has 8 nitrogen and oxygen atoms in total. The maximum Gasteiger partial charge on any atom is 0.338 e. The standard InChI is InChI=1S/C25H23N3O5/c1-16(21(29)27-25(15-26)13-5-2-6-14-25)33-24(32)17-9-11-18(12-10-17)28-22(30)19-7-3-4-8-20(19)23(28)31/h3-4,7-12,16H,2,5-6,13-14H2,1H3,(H,27,29)/t16-/m1/s1. The van der Waals surface area contributed by atoms with Crippen molar-refractivity contribution in [3.63, 3.8) is 0 Å². The quantitative estimate of drug-likeness (QED) is 0.557. The predicted molar refractivity (Wildman–Crippen MR) is 118 cm³/mol. The van der Waals surface area contributed by atoms with Crippen molar-refractivity contribution >= 4 is 29.4 Å². The fraction of sp³-hybridized carbons (Fsp3) is 0.320. The molecule has 1 fully saturated rings. The van der Waals surface area contributed by atoms with Gasteiger partial charge in [0.25, 0.3) is 17.7 Å². The highest BCUT2D eigenvalue weighted by atomic mass is 16.5. The minimum atomic E-state index is -1.08. The van der Waals surface area contributed by atoms with Gasteiger partial charge in [0.05, 0.1) is 28.4 Å². The van der Waals surface area contributed by atoms with E-state index in [1.54, 1.807) is 24.3 Å². The molecule has 1 saturated carbocycles. The first-order valence-corrected chi connectivity index (χ1v) is 10.9. The number of esters is 1. The van der Waals surface area contributed by atoms with E-state index in [0.29, 0.717) is 29.7 Å². The lowest BCUT2D eigenvalue weighted by Crippen LogP contribution is -2.52. The Morgan fingerprint density at radius 1 is 1.00 bits per heavy atom. The van der Waals surface area contributed by atoms with Crippen molar-refractivity contribution in [3.8, 4) is 6.07 Å². The molecule has 1 N–H and O–H groups in total. The molecular formula is C25H23N3O5. The van der Waals surface area contributed by atoms with E-state index < -0.39 is 35.3 Å². The van der Waals surface area contributed by atoms with Gasteiger partial charge in [0.2, 0.25) is 0 Å². The molecule has 33 heavy (non-hydrogen) atoms. The average molecular weight is 445 g/mol. The summed E-state index contributed by atoms with van der Waals surface area (Å²) in [5, 5.41) is 12.3. The number of benzene rings is 2. The number of rotatable bonds is 5. The van der Waals surface area contributed by atoms with E-state index in [9.17, 15) is 24.4 Å². The van der Waals surface area contributed by atoms with E-state index >= 15 is 0 Å². The molecule has 0 aromatic heterocycles. The van der Waals surface area contributed by atoms with E-state index in [2.05, 4.69) is 11.4 Å². The van der Waals surface area contributed by atoms with Crippen LogP contribution in [0.4, 0.5) is 5.69 Å². The molecule has 1 aliphatic heterocycles. The number of anilines is 1. The molecule has 0 radical (unpaired) electrons. The van der Waals surface area contributed by atoms with Crippen LogP contribution in [0, 0.1) is 11.3 Å². The smallest absolute Gasteiger partial charge is 0.338 e. The highest BCUT2D eigenvalue weighted by molar-refractivity contribution is 6.34. The van der Waals surface area contributed by atoms with E-state index in [1.807, 2.05) is 0 Å². The Morgan fingerprint density at radius 3 is 2.12 bits per heavy atom. The summed E-state index contributed by atoms with van der Waals surface area (Å²) in [5.74, 6) is -2.09. The highest BCUT2D eigenvalue weighted by Gasteiger charge is 2.37. The van der Waals surface area contributed by atoms with Crippen LogP contribution in [0.15, 0.2) is 48.5 Å². The molecule has 8 heteroatoms. The largest absolute Gasteiger partial charge is 0.449 e. The van der Waals surface area contributed by atoms with Gasteiger partial charge >= 0.3 is 5.97 Å². The van der Waals surface area contributed by atoms with Gasteiger partial charge < -0.3 is 10.1 Å². The van der Waals surface area contributed by atoms with Crippen LogP contribution in [-0.2, 0) is 9.53 Å². The van der Waals surface area contributed by atoms with Gasteiger partial charge in [-0.3, -0.25) is 14.4 Å². The fourth-order valence-corrected chi connectivity index (χ4v) is 4.21. The third-order valence-electron chi connectivity index (χ3n) is 6.09. The molecule has 2 aliphatic rings. The van der Waals surface area contributed by atoms with Gasteiger partial charge in [-0.15, -0.1) is 0 Å². The van der Waals surface area contributed by atoms with Crippen LogP contribution < -0.4 is 10.2 Å². The number of hydrogen-bond donors (Lipinski definition) is 1. The summed E-state index contributed by atoms with van der Waals surface area (Å²) in [7, 11) is 0. The number of nitrogens with one attached hydrogen (secondary N) is 1. The number of carbonyl (C=O) groups is 4. The van der Waals surface area contributed by atoms with Gasteiger partial charge in [-0.25, -0.2) is 9.69 Å². The zero-order chi connectivity index (χ0) is 23.6. The third-order valence-corrected chi connectivity index (χ3v) is 6.09. The van der Waals surface area contributed by atoms with Crippen molar-refractivity contribution in [2.45, 2.75) is 50.7 Å². The predicted octanol–water partition coefficient (Wildman–Crippen LogP) is 3.38. The summed E-state index contributed by atoms with van der Waals surface area (Å²) < 4.78 is 5.28. The Morgan fingerprint density at radius 2 is 1.58 bits per heavy atom. The number of imide groups is 1. The van der Waals surface area contributed by atoms with Crippen molar-refractivity contribution in [3.05, 3.63) is 65.2 Å². The first kappa shape index (κ1) is 22.2. The summed E-state index contributed by atoms with van der Waals surface area (Å²) in [6.07, 6.45) is 2.83. The lowest BCUT2D eigenvalue weighted by molar-refractivity contribution is -0.130. The number of ether oxygens (including phenoxy) is 1. The summed E-state index contributed by atoms with van der Waals surface area (Å²) in [6.45, 7) is 1.45. The number of amides is 3. The molecule has 0 unspecified atom stereocenters. The Bertz CT molecular complexity index is 1120. The topological polar surface area (TPSA) is 117 Å². The lowest BCUT2D eigenvalue weighted by atomic mass is 9.83. The molecular weight excluding hydrogens is 422 g/mol. The molecule has 0 bridgehead atoms. The monoisotopic (exact) mass is 445 g/mol. The molecule has 1 aliphatic carbocycles. The molecule has 3 amide bonds. The van der Waals surface area contributed by atoms with Crippen LogP contribution in [-0.4, -0.2) is 35.3 Å². The van der Waals surface area contributed by atoms with Crippen molar-refractivity contribution in [2.75, 3.05) is 4.90 Å². The van der Waals surface area contributed by atoms with Gasteiger partial charge in [0.15, 0.2) is 6.10 Å². The minimum absolute atomic E-state index is 0.169. The summed E-state index contributed by atoms with van der Waals surface area (Å²) in [4.78, 5) is 51.3. The van der Waals surface area contributed by atoms with Gasteiger partial charge in [0, 0.05) is 0 Å². The fourth-order valence-electron chi connectivity index (χ4n) is 4.21. The average Bonchev–Trinajstić information content (AvgIpc) is 3.09. The maximum atomic E-state index is 12.6. The Labute approximate surface area is 191 Å². The van der Waals surface area contributed by atoms with Crippen molar-refractivity contribution in [2.24, 2.45) is 0 Å². The van der Waals surface area contributed by atoms with Crippen LogP contribution in [0.25, 0.3) is 0 Å². The van der Waals surface area contributed by atoms with E-state index in [-0.39, 0.29) is 5.56 Å². The first-order valence-electron chi connectivity index (χ1n) is 10.9. The van der Waals surface area contributed by atoms with Crippen LogP contribution in [0.5, 0.6) is 0 Å². The molecule has 1 heterocycles. The van der Waals surface area contributed by atoms with Crippen LogP contribution in [0.2, 0.25) is 0 Å². The van der Waals surface area contributed by atoms with Crippen molar-refractivity contribution in [1.82, 2.24) is 5.32 Å². The van der Waals surface area contributed by atoms with E-state index in [1.165, 1.54) is 31.2 Å². The van der Waals surface area contributed by atoms with Crippen LogP contribution in [0.1, 0.15) is 70.1 Å². The van der Waals surface area contributed by atoms with E-state index in [0.717, 1.165) is 24.2 Å². The van der Waals surface area contributed by atoms with Crippen LogP contribution >= 0.6 is 0 Å². The zero-order valence-corrected chi connectivity index (χ0v) is 18.2. The molecule has 0 spiro atoms. The Balaban J connectivity index is 1.41. The number of nitrogens with zero attached hydrogens (tertiary/aromatic N) is 2. The number of fused-ring (bicyclic) bond motifs is 1. The summed E-state index contributed by atoms with van der Waals surface area (Å²) in [5.41, 5.74) is 0.252. The molecule has 168 valence electrons. The molecule has 0 saturated heterocycles. The molecule has 2 aromatic rings. The highest BCUT2D eigenvalue weighted by Crippen LogP contribution is 2.29. The van der Waals surface area contributed by atoms with Crippen molar-refractivity contribution in [1.29, 1.82) is 5.26 Å². The second-order valence-electron chi connectivity index (χ2n) is 8.33. The summed E-state index contributed by atoms with van der Waals surface area (Å²) in [6, 6.07) is 14.6. The van der Waals surface area contributed by atoms with Gasteiger partial charge in [-0.2, -0.15) is 5.26 Å². The Kier molecular flexibility index (Phi) is 5.97. The second kappa shape index (κ2) is 8.87. The normalized spacial score (nSPS) is 17.6. The summed E-state index contributed by atoms with van der Waals surface area (Å²) >= 11 is 0. The third kappa shape index (κ3) is 4.22. The molecule has 4 rings (SSSR count). The zero-order valence-electron chi connectivity index (χ0n) is 18.2. The van der Waals surface area contributed by atoms with Crippen LogP contribution in [0.3, 0.4) is 0 Å². The van der Waals surface area contributed by atoms with Gasteiger partial charge in [-0.1, -0.05) is 31.4 Å². The number of nitriles is 1. The minimum Gasteiger partial charge on any atom is -0.449 e. The first-order chi connectivity index (χ1) is 15.8. The molecule has 2 aromatic carbocycles. The number of carbonyl (C=O) groups excluding carboxylic acids is 4. The SMILES string of the molecule is C[C@@H](OC(=O)c1ccc(N2C(=O)c3ccccc3C2=O)cc1)C(=O)NC1(C#N)CCCCC1. The molecule has 1 atom stereocenters. The lowest BCUT2D eigenvalue weighted by Gasteiger charge is -2.32. The van der Waals surface area contributed by atoms with Crippen molar-refractivity contribution < 1.29 is 23.9 Å². The van der Waals surface area contributed by atoms with E-state index in [4.69, 9.17) is 4.74 Å². The van der Waals surface area contributed by atoms with Gasteiger partial charge in [0.1, 0.15) is 5.54 Å². The van der Waals surface area contributed by atoms with Gasteiger partial charge in [-0.05, 0) is 56.2 Å². The maximum absolute atomic E-state index is 12.6. The second-order valence-corrected chi connectivity index (χ2v) is 8.33.